The van der Waals surface area contributed by atoms with E-state index in [4.69, 9.17) is 63.6 Å². The number of carbonyl (C=O) groups is 6. The maximum Gasteiger partial charge on any atom is 0.323 e. The lowest BCUT2D eigenvalue weighted by atomic mass is 10.0. The smallest absolute Gasteiger partial charge is 0.323 e. The van der Waals surface area contributed by atoms with Crippen LogP contribution in [0.15, 0.2) is 201 Å². The van der Waals surface area contributed by atoms with Crippen LogP contribution in [-0.4, -0.2) is 80.1 Å². The third kappa shape index (κ3) is 18.5. The summed E-state index contributed by atoms with van der Waals surface area (Å²) in [6, 6.07) is 42.5. The first-order chi connectivity index (χ1) is 49.0. The van der Waals surface area contributed by atoms with Gasteiger partial charge in [0.15, 0.2) is 5.82 Å². The van der Waals surface area contributed by atoms with E-state index in [-0.39, 0.29) is 44.9 Å². The molecular weight excluding hydrogens is 1390 g/mol. The molecule has 0 saturated heterocycles. The van der Waals surface area contributed by atoms with Crippen molar-refractivity contribution in [1.82, 2.24) is 44.3 Å². The summed E-state index contributed by atoms with van der Waals surface area (Å²) < 4.78 is 35.7. The van der Waals surface area contributed by atoms with Crippen LogP contribution in [0, 0.1) is 11.6 Å². The Morgan fingerprint density at radius 3 is 1.15 bits per heavy atom. The summed E-state index contributed by atoms with van der Waals surface area (Å²) in [5.41, 5.74) is 25.2. The number of nitrogens with one attached hydrogen (secondary N) is 6. The monoisotopic (exact) mass is 1450 g/mol. The number of hydrogen-bond donors (Lipinski definition) is 9. The summed E-state index contributed by atoms with van der Waals surface area (Å²) in [6.45, 7) is 7.49. The second-order valence-corrected chi connectivity index (χ2v) is 23.7. The standard InChI is InChI=1S/C24H19Cl2FN6O2.C24H20ClFN6O2.C24H21ClN6O2/c1-2-33-12-18(22(32-33)13-7-8-29-20(9-13)23(28)34)17-10-15(26)11-19(21(17)27)31-24(35)30-16-5-3-14(25)4-6-16;1-2-32-13-19(22(31-32)14-9-10-28-21(11-14)23(27)33)18-12-17(7-8-20(18)26)30-24(34)29-16-5-3-15(25)4-6-16;1-2-31-14-20(22(30-31)16-10-11-27-21(13-16)23(26)32)15-4-3-5-19(12-15)29-24(33)28-18-8-6-17(25)7-9-18/h3-12H,2H2,1H3,(H2,28,34)(H2,30,31,35);3-13H,2H2,1H3,(H2,27,33)(H2,29,30,34);3-14H,2H2,1H3,(H2,26,32)(H2,28,29,33). The molecule has 9 amide bonds. The average Bonchev–Trinajstić information content (AvgIpc) is 1.60. The maximum absolute atomic E-state index is 15.7. The van der Waals surface area contributed by atoms with Crippen LogP contribution in [0.2, 0.25) is 20.1 Å². The second kappa shape index (κ2) is 33.0. The van der Waals surface area contributed by atoms with Gasteiger partial charge in [0, 0.05) is 150 Å². The number of urea groups is 3. The molecule has 0 bridgehead atoms. The number of nitrogens with two attached hydrogens (primary N) is 3. The van der Waals surface area contributed by atoms with E-state index in [1.165, 1.54) is 61.1 Å². The van der Waals surface area contributed by atoms with Crippen molar-refractivity contribution in [2.24, 2.45) is 17.2 Å². The minimum atomic E-state index is -0.707. The van der Waals surface area contributed by atoms with Crippen LogP contribution in [-0.2, 0) is 19.6 Å². The van der Waals surface area contributed by atoms with Crippen LogP contribution in [0.25, 0.3) is 67.2 Å². The summed E-state index contributed by atoms with van der Waals surface area (Å²) in [4.78, 5) is 84.0. The van der Waals surface area contributed by atoms with Gasteiger partial charge in [-0.15, -0.1) is 0 Å². The summed E-state index contributed by atoms with van der Waals surface area (Å²) in [5.74, 6) is -3.18. The van der Waals surface area contributed by atoms with Crippen molar-refractivity contribution in [2.75, 3.05) is 31.9 Å². The first-order valence-corrected chi connectivity index (χ1v) is 32.4. The fraction of sp³-hybridized carbons (Fsp3) is 0.0833. The van der Waals surface area contributed by atoms with Gasteiger partial charge in [0.2, 0.25) is 0 Å². The zero-order chi connectivity index (χ0) is 72.7. The number of amides is 9. The van der Waals surface area contributed by atoms with E-state index in [1.54, 1.807) is 125 Å². The van der Waals surface area contributed by atoms with Crippen molar-refractivity contribution >= 4 is 116 Å². The van der Waals surface area contributed by atoms with Crippen molar-refractivity contribution in [3.05, 3.63) is 250 Å². The highest BCUT2D eigenvalue weighted by Crippen LogP contribution is 2.39. The normalized spacial score (nSPS) is 10.7. The van der Waals surface area contributed by atoms with E-state index in [2.05, 4.69) is 62.1 Å². The number of pyridine rings is 3. The van der Waals surface area contributed by atoms with Crippen molar-refractivity contribution < 1.29 is 37.5 Å². The Hall–Kier alpha value is -12.4. The van der Waals surface area contributed by atoms with Crippen LogP contribution in [0.5, 0.6) is 0 Å². The Labute approximate surface area is 601 Å². The SMILES string of the molecule is CCn1cc(-c2cc(Cl)cc(NC(=O)Nc3ccc(Cl)cc3)c2F)c(-c2ccnc(C(N)=O)c2)n1.CCn1cc(-c2cc(NC(=O)Nc3ccc(Cl)cc3)ccc2F)c(-c2ccnc(C(N)=O)c2)n1.CCn1cc(-c2cccc(NC(=O)Nc3ccc(Cl)cc3)c2)c(-c2ccnc(C(N)=O)c2)n1. The average molecular weight is 1450 g/mol. The zero-order valence-corrected chi connectivity index (χ0v) is 57.2. The molecule has 0 aliphatic heterocycles. The molecule has 0 radical (unpaired) electrons. The van der Waals surface area contributed by atoms with Gasteiger partial charge in [-0.05, 0) is 178 Å². The molecule has 0 atom stereocenters. The highest BCUT2D eigenvalue weighted by atomic mass is 35.5. The number of hydrogen-bond acceptors (Lipinski definition) is 12. The van der Waals surface area contributed by atoms with Crippen molar-refractivity contribution in [3.8, 4) is 67.2 Å². The van der Waals surface area contributed by atoms with Gasteiger partial charge in [0.1, 0.15) is 40.0 Å². The number of rotatable bonds is 18. The summed E-state index contributed by atoms with van der Waals surface area (Å²) in [7, 11) is 0. The highest BCUT2D eigenvalue weighted by molar-refractivity contribution is 6.32. The van der Waals surface area contributed by atoms with Crippen LogP contribution in [0.3, 0.4) is 0 Å². The Bertz CT molecular complexity index is 5110. The largest absolute Gasteiger partial charge is 0.364 e. The first-order valence-electron chi connectivity index (χ1n) is 30.9. The number of anilines is 6. The molecule has 0 spiro atoms. The van der Waals surface area contributed by atoms with Gasteiger partial charge in [-0.25, -0.2) is 23.2 Å². The van der Waals surface area contributed by atoms with Crippen molar-refractivity contribution in [3.63, 3.8) is 0 Å². The van der Waals surface area contributed by atoms with E-state index in [0.717, 1.165) is 16.7 Å². The molecule has 6 heterocycles. The molecule has 0 aliphatic carbocycles. The molecule has 6 aromatic heterocycles. The molecule has 0 unspecified atom stereocenters. The highest BCUT2D eigenvalue weighted by Gasteiger charge is 2.24. The number of aromatic nitrogens is 9. The van der Waals surface area contributed by atoms with Crippen LogP contribution >= 0.6 is 46.4 Å². The predicted octanol–water partition coefficient (Wildman–Crippen LogP) is 16.0. The molecule has 0 saturated carbocycles. The lowest BCUT2D eigenvalue weighted by Gasteiger charge is -2.12. The zero-order valence-electron chi connectivity index (χ0n) is 54.1. The minimum Gasteiger partial charge on any atom is -0.364 e. The van der Waals surface area contributed by atoms with E-state index in [9.17, 15) is 33.2 Å². The number of nitrogens with zero attached hydrogens (tertiary/aromatic N) is 9. The molecule has 6 aromatic carbocycles. The van der Waals surface area contributed by atoms with E-state index >= 15 is 4.39 Å². The minimum absolute atomic E-state index is 0.0484. The Morgan fingerprint density at radius 2 is 0.735 bits per heavy atom. The van der Waals surface area contributed by atoms with Gasteiger partial charge in [-0.2, -0.15) is 15.3 Å². The molecule has 12 rings (SSSR count). The molecular formula is C72H60Cl4F2N18O6. The molecule has 30 heteroatoms. The van der Waals surface area contributed by atoms with Gasteiger partial charge < -0.3 is 49.1 Å². The van der Waals surface area contributed by atoms with Gasteiger partial charge in [0.25, 0.3) is 17.7 Å². The van der Waals surface area contributed by atoms with E-state index in [0.29, 0.717) is 102 Å². The van der Waals surface area contributed by atoms with E-state index in [1.807, 2.05) is 49.8 Å². The first kappa shape index (κ1) is 72.4. The van der Waals surface area contributed by atoms with E-state index < -0.39 is 41.4 Å². The number of carbonyl (C=O) groups excluding carboxylic acids is 6. The number of primary amides is 3. The Kier molecular flexibility index (Phi) is 23.4. The maximum atomic E-state index is 15.7. The summed E-state index contributed by atoms with van der Waals surface area (Å²) in [6.07, 6.45) is 9.68. The topological polar surface area (TPSA) is 345 Å². The molecule has 0 aliphatic rings. The second-order valence-electron chi connectivity index (χ2n) is 22.0. The molecule has 0 fully saturated rings. The Balaban J connectivity index is 0.000000165. The predicted molar refractivity (Wildman–Crippen MR) is 392 cm³/mol. The van der Waals surface area contributed by atoms with Crippen molar-refractivity contribution in [1.29, 1.82) is 0 Å². The lowest BCUT2D eigenvalue weighted by Crippen LogP contribution is -2.20. The number of benzene rings is 6. The van der Waals surface area contributed by atoms with Gasteiger partial charge >= 0.3 is 18.1 Å². The molecule has 24 nitrogen and oxygen atoms in total. The van der Waals surface area contributed by atoms with Crippen LogP contribution < -0.4 is 49.1 Å². The summed E-state index contributed by atoms with van der Waals surface area (Å²) in [5, 5.41) is 31.6. The Morgan fingerprint density at radius 1 is 0.373 bits per heavy atom. The molecule has 516 valence electrons. The molecule has 12 N–H and O–H groups in total. The fourth-order valence-corrected chi connectivity index (χ4v) is 10.7. The molecule has 102 heavy (non-hydrogen) atoms. The van der Waals surface area contributed by atoms with Crippen molar-refractivity contribution in [2.45, 2.75) is 40.4 Å². The number of aryl methyl sites for hydroxylation is 3. The van der Waals surface area contributed by atoms with Crippen LogP contribution in [0.4, 0.5) is 57.3 Å². The van der Waals surface area contributed by atoms with Gasteiger partial charge in [-0.3, -0.25) is 43.4 Å². The van der Waals surface area contributed by atoms with Gasteiger partial charge in [-0.1, -0.05) is 58.5 Å². The third-order valence-electron chi connectivity index (χ3n) is 14.9. The number of halogens is 6. The quantitative estimate of drug-likeness (QED) is 0.0387. The van der Waals surface area contributed by atoms with Crippen LogP contribution in [0.1, 0.15) is 52.2 Å². The third-order valence-corrected chi connectivity index (χ3v) is 15.9. The lowest BCUT2D eigenvalue weighted by molar-refractivity contribution is 0.0987. The van der Waals surface area contributed by atoms with Gasteiger partial charge in [0.05, 0.1) is 5.69 Å². The summed E-state index contributed by atoms with van der Waals surface area (Å²) >= 11 is 23.9. The fourth-order valence-electron chi connectivity index (χ4n) is 10.1. The molecule has 12 aromatic rings.